The molecular formula is C31H38O16. The number of aliphatic hydroxyl groups excluding tert-OH is 6. The molecule has 0 aromatic heterocycles. The maximum absolute atomic E-state index is 13.0. The SMILES string of the molecule is COc1cc(/C=C/C(=O)O[C@H]2[C@H](O)[C@@H](CO)O[C@@]2(CO)O[C@H]2O[C@H](CO)[C@@H](OC(=O)c3ccccc3)[C@H](O)[C@H]2O)cc(OC)c1OC. The molecule has 16 heteroatoms. The van der Waals surface area contributed by atoms with Crippen molar-refractivity contribution >= 4 is 18.0 Å². The van der Waals surface area contributed by atoms with Gasteiger partial charge in [0.25, 0.3) is 0 Å². The molecule has 2 aliphatic heterocycles. The summed E-state index contributed by atoms with van der Waals surface area (Å²) in [5.74, 6) is -3.41. The standard InChI is InChI=1S/C31H38O16/c1-40-18-11-16(12-19(41-2)26(18)42-3)9-10-22(35)44-28-23(36)20(13-32)46-31(28,15-34)47-30-25(38)24(37)27(21(14-33)43-30)45-29(39)17-7-5-4-6-8-17/h4-12,20-21,23-25,27-28,30,32-34,36-38H,13-15H2,1-3H3/b10-9+/t20-,21-,23-,24-,25-,27-,28+,30-,31+/m1/s1. The third-order valence-electron chi connectivity index (χ3n) is 7.61. The second-order valence-electron chi connectivity index (χ2n) is 10.5. The van der Waals surface area contributed by atoms with E-state index >= 15 is 0 Å². The second kappa shape index (κ2) is 15.8. The van der Waals surface area contributed by atoms with Crippen LogP contribution in [0.4, 0.5) is 0 Å². The maximum Gasteiger partial charge on any atom is 0.338 e. The Labute approximate surface area is 269 Å². The molecular weight excluding hydrogens is 628 g/mol. The van der Waals surface area contributed by atoms with Crippen LogP contribution in [0.1, 0.15) is 15.9 Å². The molecule has 2 fully saturated rings. The quantitative estimate of drug-likeness (QED) is 0.108. The van der Waals surface area contributed by atoms with Crippen molar-refractivity contribution in [2.45, 2.75) is 54.8 Å². The Kier molecular flexibility index (Phi) is 12.1. The van der Waals surface area contributed by atoms with Crippen LogP contribution in [0.15, 0.2) is 48.5 Å². The lowest BCUT2D eigenvalue weighted by molar-refractivity contribution is -0.383. The molecule has 16 nitrogen and oxygen atoms in total. The molecule has 0 radical (unpaired) electrons. The van der Waals surface area contributed by atoms with E-state index in [0.29, 0.717) is 22.8 Å². The van der Waals surface area contributed by atoms with E-state index in [2.05, 4.69) is 0 Å². The number of hydrogen-bond donors (Lipinski definition) is 6. The fraction of sp³-hybridized carbons (Fsp3) is 0.484. The van der Waals surface area contributed by atoms with Crippen LogP contribution in [0.2, 0.25) is 0 Å². The molecule has 9 atom stereocenters. The van der Waals surface area contributed by atoms with Crippen molar-refractivity contribution in [2.75, 3.05) is 41.2 Å². The minimum Gasteiger partial charge on any atom is -0.493 e. The highest BCUT2D eigenvalue weighted by Crippen LogP contribution is 2.40. The summed E-state index contributed by atoms with van der Waals surface area (Å²) in [6, 6.07) is 10.9. The van der Waals surface area contributed by atoms with Gasteiger partial charge in [0.1, 0.15) is 37.1 Å². The van der Waals surface area contributed by atoms with Crippen molar-refractivity contribution in [2.24, 2.45) is 0 Å². The first-order chi connectivity index (χ1) is 22.6. The maximum atomic E-state index is 13.0. The summed E-state index contributed by atoms with van der Waals surface area (Å²) in [5, 5.41) is 62.8. The number of aliphatic hydroxyl groups is 6. The van der Waals surface area contributed by atoms with E-state index in [1.807, 2.05) is 0 Å². The van der Waals surface area contributed by atoms with Gasteiger partial charge in [0.05, 0.1) is 40.1 Å². The highest BCUT2D eigenvalue weighted by molar-refractivity contribution is 5.89. The predicted molar refractivity (Wildman–Crippen MR) is 157 cm³/mol. The smallest absolute Gasteiger partial charge is 0.338 e. The van der Waals surface area contributed by atoms with Gasteiger partial charge in [0.2, 0.25) is 11.5 Å². The van der Waals surface area contributed by atoms with Crippen molar-refractivity contribution < 1.29 is 78.1 Å². The van der Waals surface area contributed by atoms with Gasteiger partial charge in [-0.3, -0.25) is 0 Å². The van der Waals surface area contributed by atoms with Gasteiger partial charge < -0.3 is 68.5 Å². The number of benzene rings is 2. The summed E-state index contributed by atoms with van der Waals surface area (Å²) < 4.78 is 43.5. The first kappa shape index (κ1) is 36.0. The third-order valence-corrected chi connectivity index (χ3v) is 7.61. The number of esters is 2. The highest BCUT2D eigenvalue weighted by atomic mass is 16.8. The van der Waals surface area contributed by atoms with Crippen LogP contribution in [0, 0.1) is 0 Å². The fourth-order valence-corrected chi connectivity index (χ4v) is 5.20. The van der Waals surface area contributed by atoms with Crippen LogP contribution < -0.4 is 14.2 Å². The normalized spacial score (nSPS) is 30.6. The molecule has 4 rings (SSSR count). The molecule has 0 amide bonds. The summed E-state index contributed by atoms with van der Waals surface area (Å²) in [5.41, 5.74) is 0.568. The minimum absolute atomic E-state index is 0.135. The summed E-state index contributed by atoms with van der Waals surface area (Å²) in [7, 11) is 4.26. The Morgan fingerprint density at radius 3 is 2.04 bits per heavy atom. The number of hydrogen-bond acceptors (Lipinski definition) is 16. The van der Waals surface area contributed by atoms with Crippen LogP contribution in [0.3, 0.4) is 0 Å². The second-order valence-corrected chi connectivity index (χ2v) is 10.5. The average molecular weight is 667 g/mol. The van der Waals surface area contributed by atoms with Gasteiger partial charge in [-0.05, 0) is 35.9 Å². The lowest BCUT2D eigenvalue weighted by Crippen LogP contribution is -2.63. The molecule has 0 bridgehead atoms. The van der Waals surface area contributed by atoms with E-state index in [1.54, 1.807) is 30.3 Å². The molecule has 0 spiro atoms. The number of rotatable bonds is 13. The highest BCUT2D eigenvalue weighted by Gasteiger charge is 2.61. The van der Waals surface area contributed by atoms with Gasteiger partial charge in [-0.25, -0.2) is 9.59 Å². The van der Waals surface area contributed by atoms with E-state index in [-0.39, 0.29) is 5.56 Å². The Morgan fingerprint density at radius 2 is 1.49 bits per heavy atom. The van der Waals surface area contributed by atoms with E-state index in [4.69, 9.17) is 37.9 Å². The molecule has 2 aliphatic rings. The monoisotopic (exact) mass is 666 g/mol. The summed E-state index contributed by atoms with van der Waals surface area (Å²) in [4.78, 5) is 25.6. The molecule has 0 unspecified atom stereocenters. The van der Waals surface area contributed by atoms with Gasteiger partial charge >= 0.3 is 11.9 Å². The zero-order chi connectivity index (χ0) is 34.3. The Balaban J connectivity index is 1.53. The van der Waals surface area contributed by atoms with Crippen molar-refractivity contribution in [1.29, 1.82) is 0 Å². The van der Waals surface area contributed by atoms with Crippen molar-refractivity contribution in [1.82, 2.24) is 0 Å². The van der Waals surface area contributed by atoms with E-state index in [1.165, 1.54) is 39.5 Å². The number of carbonyl (C=O) groups excluding carboxylic acids is 2. The lowest BCUT2D eigenvalue weighted by Gasteiger charge is -2.44. The Morgan fingerprint density at radius 1 is 0.851 bits per heavy atom. The molecule has 6 N–H and O–H groups in total. The molecule has 0 aliphatic carbocycles. The summed E-state index contributed by atoms with van der Waals surface area (Å²) in [6.07, 6.45) is -11.4. The molecule has 47 heavy (non-hydrogen) atoms. The van der Waals surface area contributed by atoms with Crippen molar-refractivity contribution in [3.63, 3.8) is 0 Å². The summed E-state index contributed by atoms with van der Waals surface area (Å²) >= 11 is 0. The topological polar surface area (TPSA) is 229 Å². The van der Waals surface area contributed by atoms with Crippen molar-refractivity contribution in [3.8, 4) is 17.2 Å². The van der Waals surface area contributed by atoms with Gasteiger partial charge in [0.15, 0.2) is 30.0 Å². The number of carbonyl (C=O) groups is 2. The number of methoxy groups -OCH3 is 3. The molecule has 2 saturated heterocycles. The van der Waals surface area contributed by atoms with E-state index in [9.17, 15) is 40.2 Å². The Bertz CT molecular complexity index is 1360. The number of ether oxygens (including phenoxy) is 8. The average Bonchev–Trinajstić information content (AvgIpc) is 3.36. The van der Waals surface area contributed by atoms with Crippen LogP contribution in [-0.2, 0) is 28.5 Å². The van der Waals surface area contributed by atoms with Gasteiger partial charge in [-0.15, -0.1) is 0 Å². The molecule has 2 aromatic carbocycles. The third kappa shape index (κ3) is 7.67. The van der Waals surface area contributed by atoms with E-state index < -0.39 is 86.6 Å². The lowest BCUT2D eigenvalue weighted by atomic mass is 9.98. The predicted octanol–water partition coefficient (Wildman–Crippen LogP) is -1.24. The van der Waals surface area contributed by atoms with Gasteiger partial charge in [0, 0.05) is 6.08 Å². The van der Waals surface area contributed by atoms with E-state index in [0.717, 1.165) is 6.08 Å². The molecule has 0 saturated carbocycles. The minimum atomic E-state index is -2.44. The van der Waals surface area contributed by atoms with Crippen LogP contribution >= 0.6 is 0 Å². The van der Waals surface area contributed by atoms with Crippen LogP contribution in [0.5, 0.6) is 17.2 Å². The van der Waals surface area contributed by atoms with Crippen LogP contribution in [0.25, 0.3) is 6.08 Å². The van der Waals surface area contributed by atoms with Crippen molar-refractivity contribution in [3.05, 3.63) is 59.7 Å². The first-order valence-corrected chi connectivity index (χ1v) is 14.4. The zero-order valence-corrected chi connectivity index (χ0v) is 25.7. The summed E-state index contributed by atoms with van der Waals surface area (Å²) in [6.45, 7) is -2.71. The van der Waals surface area contributed by atoms with Gasteiger partial charge in [-0.2, -0.15) is 0 Å². The van der Waals surface area contributed by atoms with Gasteiger partial charge in [-0.1, -0.05) is 18.2 Å². The molecule has 2 aromatic rings. The molecule has 2 heterocycles. The van der Waals surface area contributed by atoms with Crippen LogP contribution in [-0.4, -0.2) is 139 Å². The first-order valence-electron chi connectivity index (χ1n) is 14.4. The zero-order valence-electron chi connectivity index (χ0n) is 25.7. The largest absolute Gasteiger partial charge is 0.493 e. The molecule has 258 valence electrons. The fourth-order valence-electron chi connectivity index (χ4n) is 5.20. The Hall–Kier alpha value is -3.84.